The Balaban J connectivity index is 2.77. The van der Waals surface area contributed by atoms with Crippen LogP contribution in [0.25, 0.3) is 10.1 Å². The third-order valence-corrected chi connectivity index (χ3v) is 5.20. The Morgan fingerprint density at radius 1 is 1.57 bits per heavy atom. The lowest BCUT2D eigenvalue weighted by atomic mass is 10.1. The van der Waals surface area contributed by atoms with Crippen LogP contribution in [-0.4, -0.2) is 0 Å². The number of thiophene rings is 1. The van der Waals surface area contributed by atoms with Gasteiger partial charge in [-0.1, -0.05) is 15.9 Å². The minimum absolute atomic E-state index is 0.465. The van der Waals surface area contributed by atoms with E-state index < -0.39 is 0 Å². The zero-order valence-corrected chi connectivity index (χ0v) is 11.6. The standard InChI is InChI=1S/C10H5BrINS/c11-8-5-6-2-4-14-10(6)9(12)7(8)1-3-13/h2,4-5H,1H2. The van der Waals surface area contributed by atoms with Gasteiger partial charge < -0.3 is 0 Å². The summed E-state index contributed by atoms with van der Waals surface area (Å²) in [6.45, 7) is 0. The Labute approximate surface area is 108 Å². The van der Waals surface area contributed by atoms with Gasteiger partial charge in [-0.15, -0.1) is 11.3 Å². The fraction of sp³-hybridized carbons (Fsp3) is 0.100. The maximum absolute atomic E-state index is 8.72. The van der Waals surface area contributed by atoms with Crippen LogP contribution in [0.5, 0.6) is 0 Å². The fourth-order valence-corrected chi connectivity index (χ4v) is 4.29. The Morgan fingerprint density at radius 2 is 2.36 bits per heavy atom. The van der Waals surface area contributed by atoms with Crippen molar-refractivity contribution in [1.82, 2.24) is 0 Å². The summed E-state index contributed by atoms with van der Waals surface area (Å²) in [5.41, 5.74) is 1.10. The molecule has 0 bridgehead atoms. The van der Waals surface area contributed by atoms with Crippen molar-refractivity contribution in [1.29, 1.82) is 5.26 Å². The Bertz CT molecular complexity index is 527. The highest BCUT2D eigenvalue weighted by Crippen LogP contribution is 2.34. The molecule has 14 heavy (non-hydrogen) atoms. The van der Waals surface area contributed by atoms with Crippen LogP contribution in [0.1, 0.15) is 5.56 Å². The van der Waals surface area contributed by atoms with E-state index in [1.807, 2.05) is 0 Å². The molecule has 0 unspecified atom stereocenters. The van der Waals surface area contributed by atoms with Gasteiger partial charge in [-0.05, 0) is 51.1 Å². The van der Waals surface area contributed by atoms with E-state index in [0.29, 0.717) is 6.42 Å². The molecule has 0 atom stereocenters. The van der Waals surface area contributed by atoms with E-state index in [4.69, 9.17) is 5.26 Å². The lowest BCUT2D eigenvalue weighted by Gasteiger charge is -2.04. The number of rotatable bonds is 1. The van der Waals surface area contributed by atoms with Crippen LogP contribution in [0.15, 0.2) is 22.0 Å². The molecule has 1 aromatic heterocycles. The van der Waals surface area contributed by atoms with Gasteiger partial charge in [-0.25, -0.2) is 0 Å². The SMILES string of the molecule is N#CCc1c(Br)cc2ccsc2c1I. The zero-order valence-electron chi connectivity index (χ0n) is 7.05. The number of nitriles is 1. The summed E-state index contributed by atoms with van der Waals surface area (Å²) in [6.07, 6.45) is 0.465. The van der Waals surface area contributed by atoms with E-state index in [9.17, 15) is 0 Å². The summed E-state index contributed by atoms with van der Waals surface area (Å²) < 4.78 is 3.51. The molecule has 1 nitrogen and oxygen atoms in total. The molecule has 0 N–H and O–H groups in total. The van der Waals surface area contributed by atoms with Crippen LogP contribution < -0.4 is 0 Å². The zero-order chi connectivity index (χ0) is 10.1. The van der Waals surface area contributed by atoms with Crippen molar-refractivity contribution in [3.05, 3.63) is 31.1 Å². The highest BCUT2D eigenvalue weighted by molar-refractivity contribution is 14.1. The van der Waals surface area contributed by atoms with Crippen molar-refractivity contribution < 1.29 is 0 Å². The lowest BCUT2D eigenvalue weighted by Crippen LogP contribution is -1.89. The topological polar surface area (TPSA) is 23.8 Å². The Hall–Kier alpha value is -0.120. The van der Waals surface area contributed by atoms with Gasteiger partial charge >= 0.3 is 0 Å². The average Bonchev–Trinajstić information content (AvgIpc) is 2.60. The molecular weight excluding hydrogens is 373 g/mol. The summed E-state index contributed by atoms with van der Waals surface area (Å²) in [7, 11) is 0. The molecule has 0 spiro atoms. The minimum Gasteiger partial charge on any atom is -0.198 e. The van der Waals surface area contributed by atoms with Gasteiger partial charge in [0.25, 0.3) is 0 Å². The molecule has 0 radical (unpaired) electrons. The quantitative estimate of drug-likeness (QED) is 0.678. The largest absolute Gasteiger partial charge is 0.198 e. The molecule has 0 aliphatic heterocycles. The van der Waals surface area contributed by atoms with Crippen molar-refractivity contribution in [2.24, 2.45) is 0 Å². The van der Waals surface area contributed by atoms with Gasteiger partial charge in [0.2, 0.25) is 0 Å². The van der Waals surface area contributed by atoms with E-state index in [1.54, 1.807) is 11.3 Å². The van der Waals surface area contributed by atoms with Gasteiger partial charge in [-0.3, -0.25) is 0 Å². The molecule has 2 rings (SSSR count). The number of fused-ring (bicyclic) bond motifs is 1. The van der Waals surface area contributed by atoms with E-state index in [1.165, 1.54) is 13.7 Å². The summed E-state index contributed by atoms with van der Waals surface area (Å²) in [4.78, 5) is 0. The van der Waals surface area contributed by atoms with Crippen molar-refractivity contribution >= 4 is 59.9 Å². The highest BCUT2D eigenvalue weighted by atomic mass is 127. The molecule has 2 aromatic rings. The summed E-state index contributed by atoms with van der Waals surface area (Å²) in [6, 6.07) is 6.38. The van der Waals surface area contributed by atoms with Gasteiger partial charge in [0, 0.05) is 12.7 Å². The second-order valence-corrected chi connectivity index (χ2v) is 5.67. The molecule has 70 valence electrons. The predicted molar refractivity (Wildman–Crippen MR) is 71.6 cm³/mol. The number of benzene rings is 1. The van der Waals surface area contributed by atoms with E-state index >= 15 is 0 Å². The molecule has 0 aliphatic rings. The van der Waals surface area contributed by atoms with Crippen LogP contribution in [0.4, 0.5) is 0 Å². The molecule has 0 saturated carbocycles. The molecule has 0 saturated heterocycles. The second-order valence-electron chi connectivity index (χ2n) is 2.82. The molecule has 0 aliphatic carbocycles. The maximum atomic E-state index is 8.72. The normalized spacial score (nSPS) is 10.4. The Kier molecular flexibility index (Phi) is 3.10. The Morgan fingerprint density at radius 3 is 3.07 bits per heavy atom. The van der Waals surface area contributed by atoms with Crippen LogP contribution in [0.3, 0.4) is 0 Å². The van der Waals surface area contributed by atoms with E-state index in [-0.39, 0.29) is 0 Å². The van der Waals surface area contributed by atoms with Crippen molar-refractivity contribution in [2.75, 3.05) is 0 Å². The van der Waals surface area contributed by atoms with E-state index in [0.717, 1.165) is 10.0 Å². The molecular formula is C10H5BrINS. The average molecular weight is 378 g/mol. The summed E-state index contributed by atoms with van der Waals surface area (Å²) >= 11 is 7.54. The van der Waals surface area contributed by atoms with Crippen molar-refractivity contribution in [3.63, 3.8) is 0 Å². The van der Waals surface area contributed by atoms with Gasteiger partial charge in [0.05, 0.1) is 12.5 Å². The number of hydrogen-bond acceptors (Lipinski definition) is 2. The third-order valence-electron chi connectivity index (χ3n) is 1.99. The highest BCUT2D eigenvalue weighted by Gasteiger charge is 2.10. The fourth-order valence-electron chi connectivity index (χ4n) is 1.32. The summed E-state index contributed by atoms with van der Waals surface area (Å²) in [5.74, 6) is 0. The second kappa shape index (κ2) is 4.17. The first-order valence-electron chi connectivity index (χ1n) is 3.95. The minimum atomic E-state index is 0.465. The number of halogens is 2. The maximum Gasteiger partial charge on any atom is 0.0670 e. The van der Waals surface area contributed by atoms with Gasteiger partial charge in [0.15, 0.2) is 0 Å². The summed E-state index contributed by atoms with van der Waals surface area (Å²) in [5, 5.41) is 12.0. The van der Waals surface area contributed by atoms with Crippen LogP contribution in [0, 0.1) is 14.9 Å². The van der Waals surface area contributed by atoms with Crippen LogP contribution in [0.2, 0.25) is 0 Å². The first-order valence-corrected chi connectivity index (χ1v) is 6.70. The monoisotopic (exact) mass is 377 g/mol. The molecule has 1 heterocycles. The molecule has 1 aromatic carbocycles. The first-order chi connectivity index (χ1) is 6.74. The lowest BCUT2D eigenvalue weighted by molar-refractivity contribution is 1.24. The number of nitrogens with zero attached hydrogens (tertiary/aromatic N) is 1. The first kappa shape index (κ1) is 10.4. The molecule has 4 heteroatoms. The number of hydrogen-bond donors (Lipinski definition) is 0. The van der Waals surface area contributed by atoms with Gasteiger partial charge in [-0.2, -0.15) is 5.26 Å². The van der Waals surface area contributed by atoms with Crippen LogP contribution in [-0.2, 0) is 6.42 Å². The van der Waals surface area contributed by atoms with E-state index in [2.05, 4.69) is 62.1 Å². The van der Waals surface area contributed by atoms with Crippen molar-refractivity contribution in [2.45, 2.75) is 6.42 Å². The molecule has 0 amide bonds. The third kappa shape index (κ3) is 1.69. The van der Waals surface area contributed by atoms with Crippen molar-refractivity contribution in [3.8, 4) is 6.07 Å². The molecule has 0 fully saturated rings. The smallest absolute Gasteiger partial charge is 0.0670 e. The predicted octanol–water partition coefficient (Wildman–Crippen LogP) is 4.33. The van der Waals surface area contributed by atoms with Gasteiger partial charge in [0.1, 0.15) is 0 Å². The van der Waals surface area contributed by atoms with Crippen LogP contribution >= 0.6 is 49.9 Å².